The van der Waals surface area contributed by atoms with E-state index in [4.69, 9.17) is 4.74 Å². The fraction of sp³-hybridized carbons (Fsp3) is 0.393. The topological polar surface area (TPSA) is 53.9 Å². The van der Waals surface area contributed by atoms with Crippen molar-refractivity contribution in [2.45, 2.75) is 66.3 Å². The molecule has 1 rings (SSSR count). The number of nitrogens with zero attached hydrogens (tertiary/aromatic N) is 1. The summed E-state index contributed by atoms with van der Waals surface area (Å²) in [7, 11) is 0. The molecule has 0 aliphatic carbocycles. The third-order valence-corrected chi connectivity index (χ3v) is 6.36. The Balaban J connectivity index is 3.18. The predicted octanol–water partition coefficient (Wildman–Crippen LogP) is 7.30. The van der Waals surface area contributed by atoms with Crippen LogP contribution in [0.4, 0.5) is 4.39 Å². The maximum Gasteiger partial charge on any atom is 0.143 e. The first kappa shape index (κ1) is 29.5. The van der Waals surface area contributed by atoms with Crippen LogP contribution < -0.4 is 10.1 Å². The van der Waals surface area contributed by atoms with Gasteiger partial charge in [0, 0.05) is 28.9 Å². The van der Waals surface area contributed by atoms with Gasteiger partial charge >= 0.3 is 0 Å². The van der Waals surface area contributed by atoms with E-state index in [9.17, 15) is 9.50 Å². The van der Waals surface area contributed by atoms with Gasteiger partial charge in [0.1, 0.15) is 17.5 Å². The molecule has 0 radical (unpaired) electrons. The van der Waals surface area contributed by atoms with E-state index < -0.39 is 11.8 Å². The van der Waals surface area contributed by atoms with Crippen LogP contribution in [0.1, 0.15) is 59.6 Å². The van der Waals surface area contributed by atoms with Crippen LogP contribution in [0, 0.1) is 0 Å². The number of rotatable bonds is 13. The minimum atomic E-state index is -1.48. The van der Waals surface area contributed by atoms with Crippen LogP contribution in [0.25, 0.3) is 10.6 Å². The van der Waals surface area contributed by atoms with E-state index >= 15 is 0 Å². The number of ether oxygens (including phenoxy) is 1. The van der Waals surface area contributed by atoms with Gasteiger partial charge in [-0.2, -0.15) is 0 Å². The first-order chi connectivity index (χ1) is 15.8. The molecule has 0 spiro atoms. The molecule has 2 unspecified atom stereocenters. The van der Waals surface area contributed by atoms with E-state index in [0.29, 0.717) is 23.7 Å². The number of thioether (sulfide) groups is 1. The van der Waals surface area contributed by atoms with Crippen molar-refractivity contribution in [1.82, 2.24) is 5.32 Å². The van der Waals surface area contributed by atoms with E-state index in [1.54, 1.807) is 37.9 Å². The normalized spacial score (nSPS) is 14.9. The van der Waals surface area contributed by atoms with Gasteiger partial charge in [-0.3, -0.25) is 4.99 Å². The van der Waals surface area contributed by atoms with E-state index in [0.717, 1.165) is 26.5 Å². The van der Waals surface area contributed by atoms with Gasteiger partial charge in [0.25, 0.3) is 0 Å². The van der Waals surface area contributed by atoms with Crippen LogP contribution in [-0.4, -0.2) is 35.2 Å². The largest absolute Gasteiger partial charge is 0.488 e. The average molecular weight is 487 g/mol. The van der Waals surface area contributed by atoms with E-state index in [2.05, 4.69) is 30.0 Å². The molecule has 2 N–H and O–H groups in total. The highest BCUT2D eigenvalue weighted by Gasteiger charge is 2.19. The quantitative estimate of drug-likeness (QED) is 0.227. The molecule has 0 aliphatic heterocycles. The molecule has 0 amide bonds. The Morgan fingerprint density at radius 3 is 2.38 bits per heavy atom. The molecule has 1 aromatic rings. The van der Waals surface area contributed by atoms with E-state index in [1.165, 1.54) is 13.8 Å². The van der Waals surface area contributed by atoms with Crippen LogP contribution in [0.3, 0.4) is 0 Å². The van der Waals surface area contributed by atoms with Gasteiger partial charge in [-0.05, 0) is 82.7 Å². The van der Waals surface area contributed by atoms with Crippen molar-refractivity contribution in [1.29, 1.82) is 0 Å². The molecule has 0 saturated heterocycles. The summed E-state index contributed by atoms with van der Waals surface area (Å²) in [6, 6.07) is 5.79. The Kier molecular flexibility index (Phi) is 11.6. The Morgan fingerprint density at radius 2 is 1.85 bits per heavy atom. The summed E-state index contributed by atoms with van der Waals surface area (Å²) in [5.41, 5.74) is 2.12. The molecular weight excluding hydrogens is 447 g/mol. The summed E-state index contributed by atoms with van der Waals surface area (Å²) in [6.07, 6.45) is 4.33. The number of hydrogen-bond donors (Lipinski definition) is 2. The first-order valence-corrected chi connectivity index (χ1v) is 12.1. The van der Waals surface area contributed by atoms with E-state index in [1.807, 2.05) is 45.0 Å². The molecular formula is C28H39FN2O2S. The van der Waals surface area contributed by atoms with Crippen LogP contribution in [0.2, 0.25) is 0 Å². The van der Waals surface area contributed by atoms with Crippen molar-refractivity contribution in [3.05, 3.63) is 77.9 Å². The van der Waals surface area contributed by atoms with Crippen molar-refractivity contribution < 1.29 is 14.2 Å². The number of aliphatic hydroxyl groups is 1. The highest BCUT2D eigenvalue weighted by Crippen LogP contribution is 2.35. The number of alkyl halides is 1. The van der Waals surface area contributed by atoms with Crippen LogP contribution in [0.5, 0.6) is 5.75 Å². The van der Waals surface area contributed by atoms with Crippen molar-refractivity contribution in [3.63, 3.8) is 0 Å². The number of hydrogen-bond acceptors (Lipinski definition) is 5. The zero-order valence-corrected chi connectivity index (χ0v) is 22.4. The maximum absolute atomic E-state index is 14.0. The summed E-state index contributed by atoms with van der Waals surface area (Å²) in [5.74, 6) is 0.619. The third-order valence-electron chi connectivity index (χ3n) is 5.32. The Bertz CT molecular complexity index is 985. The van der Waals surface area contributed by atoms with Crippen molar-refractivity contribution in [3.8, 4) is 5.75 Å². The second kappa shape index (κ2) is 13.4. The molecule has 6 heteroatoms. The van der Waals surface area contributed by atoms with Crippen molar-refractivity contribution in [2.75, 3.05) is 6.54 Å². The summed E-state index contributed by atoms with van der Waals surface area (Å²) in [4.78, 5) is 6.25. The van der Waals surface area contributed by atoms with Gasteiger partial charge in [-0.1, -0.05) is 43.7 Å². The molecule has 1 aromatic carbocycles. The third kappa shape index (κ3) is 9.74. The molecule has 0 fully saturated rings. The van der Waals surface area contributed by atoms with Gasteiger partial charge < -0.3 is 15.2 Å². The number of nitrogens with one attached hydrogen (secondary N) is 1. The van der Waals surface area contributed by atoms with Gasteiger partial charge in [0.2, 0.25) is 0 Å². The van der Waals surface area contributed by atoms with Gasteiger partial charge in [0.15, 0.2) is 0 Å². The van der Waals surface area contributed by atoms with Crippen molar-refractivity contribution >= 4 is 28.1 Å². The van der Waals surface area contributed by atoms with Crippen LogP contribution in [-0.2, 0) is 0 Å². The smallest absolute Gasteiger partial charge is 0.143 e. The zero-order chi connectivity index (χ0) is 26.1. The van der Waals surface area contributed by atoms with Gasteiger partial charge in [-0.25, -0.2) is 4.39 Å². The predicted molar refractivity (Wildman–Crippen MR) is 148 cm³/mol. The first-order valence-electron chi connectivity index (χ1n) is 11.3. The SMILES string of the molecule is C=C/C(=C\N=C(C)C(C)(C)F)CNC(=C)c1cc(OC(C)C(C)O)cc(C(=C)S/C(C)=C\C)c1. The lowest BCUT2D eigenvalue weighted by Gasteiger charge is -2.20. The number of benzene rings is 1. The summed E-state index contributed by atoms with van der Waals surface area (Å²) >= 11 is 1.58. The Labute approximate surface area is 209 Å². The molecule has 4 nitrogen and oxygen atoms in total. The highest BCUT2D eigenvalue weighted by atomic mass is 32.2. The highest BCUT2D eigenvalue weighted by molar-refractivity contribution is 8.11. The summed E-state index contributed by atoms with van der Waals surface area (Å²) < 4.78 is 20.0. The lowest BCUT2D eigenvalue weighted by molar-refractivity contribution is 0.0604. The van der Waals surface area contributed by atoms with Gasteiger partial charge in [0.05, 0.1) is 11.8 Å². The molecule has 2 atom stereocenters. The number of allylic oxidation sites excluding steroid dienone is 2. The fourth-order valence-electron chi connectivity index (χ4n) is 2.44. The summed E-state index contributed by atoms with van der Waals surface area (Å²) in [6.45, 7) is 24.8. The van der Waals surface area contributed by atoms with Crippen molar-refractivity contribution in [2.24, 2.45) is 4.99 Å². The number of halogens is 1. The second-order valence-electron chi connectivity index (χ2n) is 8.66. The lowest BCUT2D eigenvalue weighted by atomic mass is 10.1. The minimum absolute atomic E-state index is 0.376. The Hall–Kier alpha value is -2.57. The molecule has 34 heavy (non-hydrogen) atoms. The molecule has 0 aromatic heterocycles. The van der Waals surface area contributed by atoms with Crippen LogP contribution >= 0.6 is 11.8 Å². The standard InChI is InChI=1S/C28H39FN2O2S/c1-11-18(3)34-22(7)26-13-25(14-27(15-26)33-21(6)20(5)32)19(4)30-16-24(12-2)17-31-23(8)28(9,10)29/h11-15,17,20-21,30,32H,2,4,7,16H2,1,3,5-6,8-10H3/b18-11-,24-17+,31-23?. The molecule has 0 bridgehead atoms. The molecule has 186 valence electrons. The van der Waals surface area contributed by atoms with Gasteiger partial charge in [-0.15, -0.1) is 0 Å². The van der Waals surface area contributed by atoms with E-state index in [-0.39, 0.29) is 6.10 Å². The molecule has 0 aliphatic rings. The molecule has 0 heterocycles. The minimum Gasteiger partial charge on any atom is -0.488 e. The average Bonchev–Trinajstić information content (AvgIpc) is 2.77. The zero-order valence-electron chi connectivity index (χ0n) is 21.5. The second-order valence-corrected chi connectivity index (χ2v) is 10.0. The maximum atomic E-state index is 14.0. The molecule has 0 saturated carbocycles. The fourth-order valence-corrected chi connectivity index (χ4v) is 3.18. The monoisotopic (exact) mass is 486 g/mol. The number of aliphatic imine (C=N–C) groups is 1. The van der Waals surface area contributed by atoms with Crippen LogP contribution in [0.15, 0.2) is 71.8 Å². The number of aliphatic hydroxyl groups excluding tert-OH is 1. The lowest BCUT2D eigenvalue weighted by Crippen LogP contribution is -2.25. The summed E-state index contributed by atoms with van der Waals surface area (Å²) in [5, 5.41) is 13.2. The Morgan fingerprint density at radius 1 is 1.24 bits per heavy atom.